The van der Waals surface area contributed by atoms with E-state index in [4.69, 9.17) is 0 Å². The largest absolute Gasteiger partial charge is 0.348 e. The molecule has 0 saturated carbocycles. The van der Waals surface area contributed by atoms with Crippen molar-refractivity contribution in [1.82, 2.24) is 9.88 Å². The number of carbonyl (C=O) groups is 2. The van der Waals surface area contributed by atoms with Crippen LogP contribution in [-0.2, 0) is 11.8 Å². The third-order valence-electron chi connectivity index (χ3n) is 2.33. The van der Waals surface area contributed by atoms with Crippen molar-refractivity contribution in [2.75, 3.05) is 0 Å². The Morgan fingerprint density at radius 2 is 2.13 bits per heavy atom. The Morgan fingerprint density at radius 3 is 2.60 bits per heavy atom. The standard InChI is InChI=1S/C10H10N2O2S/c1-6-3-4-7(12(6)2)5-8-9(13)11-10(14)15-8/h3-5H,1-2H3,(H,11,13,14)/b8-5+. The van der Waals surface area contributed by atoms with Crippen molar-refractivity contribution in [3.8, 4) is 0 Å². The molecule has 0 bridgehead atoms. The summed E-state index contributed by atoms with van der Waals surface area (Å²) >= 11 is 0.935. The number of carbonyl (C=O) groups excluding carboxylic acids is 2. The van der Waals surface area contributed by atoms with Crippen molar-refractivity contribution in [1.29, 1.82) is 0 Å². The van der Waals surface area contributed by atoms with Gasteiger partial charge in [-0.3, -0.25) is 14.9 Å². The molecule has 0 unspecified atom stereocenters. The molecule has 0 atom stereocenters. The number of rotatable bonds is 1. The number of hydrogen-bond donors (Lipinski definition) is 1. The molecule has 15 heavy (non-hydrogen) atoms. The average Bonchev–Trinajstić information content (AvgIpc) is 2.64. The first-order valence-electron chi connectivity index (χ1n) is 4.45. The third kappa shape index (κ3) is 1.83. The maximum atomic E-state index is 11.3. The fraction of sp³-hybridized carbons (Fsp3) is 0.200. The van der Waals surface area contributed by atoms with E-state index in [1.807, 2.05) is 30.7 Å². The van der Waals surface area contributed by atoms with E-state index in [0.717, 1.165) is 23.1 Å². The Hall–Kier alpha value is -1.49. The second-order valence-corrected chi connectivity index (χ2v) is 4.33. The topological polar surface area (TPSA) is 51.1 Å². The zero-order valence-corrected chi connectivity index (χ0v) is 9.22. The Morgan fingerprint density at radius 1 is 1.40 bits per heavy atom. The monoisotopic (exact) mass is 222 g/mol. The fourth-order valence-electron chi connectivity index (χ4n) is 1.33. The lowest BCUT2D eigenvalue weighted by Gasteiger charge is -2.00. The number of aryl methyl sites for hydroxylation is 1. The highest BCUT2D eigenvalue weighted by molar-refractivity contribution is 8.18. The number of thioether (sulfide) groups is 1. The predicted octanol–water partition coefficient (Wildman–Crippen LogP) is 1.66. The van der Waals surface area contributed by atoms with E-state index in [2.05, 4.69) is 5.32 Å². The summed E-state index contributed by atoms with van der Waals surface area (Å²) < 4.78 is 1.96. The molecule has 1 aromatic rings. The van der Waals surface area contributed by atoms with Crippen LogP contribution in [0.5, 0.6) is 0 Å². The molecule has 2 heterocycles. The van der Waals surface area contributed by atoms with Gasteiger partial charge in [-0.1, -0.05) is 0 Å². The maximum Gasteiger partial charge on any atom is 0.290 e. The van der Waals surface area contributed by atoms with Crippen LogP contribution in [0.3, 0.4) is 0 Å². The first-order valence-corrected chi connectivity index (χ1v) is 5.27. The second-order valence-electron chi connectivity index (χ2n) is 3.31. The van der Waals surface area contributed by atoms with Crippen molar-refractivity contribution < 1.29 is 9.59 Å². The van der Waals surface area contributed by atoms with Crippen LogP contribution in [0.2, 0.25) is 0 Å². The summed E-state index contributed by atoms with van der Waals surface area (Å²) in [6, 6.07) is 3.88. The van der Waals surface area contributed by atoms with Gasteiger partial charge in [-0.25, -0.2) is 0 Å². The maximum absolute atomic E-state index is 11.3. The Balaban J connectivity index is 2.35. The lowest BCUT2D eigenvalue weighted by atomic mass is 10.3. The van der Waals surface area contributed by atoms with E-state index in [-0.39, 0.29) is 11.1 Å². The number of aromatic nitrogens is 1. The van der Waals surface area contributed by atoms with E-state index < -0.39 is 0 Å². The van der Waals surface area contributed by atoms with Gasteiger partial charge in [0.1, 0.15) is 0 Å². The van der Waals surface area contributed by atoms with Crippen LogP contribution in [0.1, 0.15) is 11.4 Å². The highest BCUT2D eigenvalue weighted by Gasteiger charge is 2.25. The van der Waals surface area contributed by atoms with Gasteiger partial charge in [-0.05, 0) is 36.9 Å². The molecular weight excluding hydrogens is 212 g/mol. The van der Waals surface area contributed by atoms with Gasteiger partial charge in [-0.2, -0.15) is 0 Å². The molecule has 0 aliphatic carbocycles. The van der Waals surface area contributed by atoms with Gasteiger partial charge in [0.2, 0.25) is 0 Å². The van der Waals surface area contributed by atoms with Gasteiger partial charge in [0.05, 0.1) is 4.91 Å². The second kappa shape index (κ2) is 3.58. The van der Waals surface area contributed by atoms with Gasteiger partial charge in [0.15, 0.2) is 0 Å². The molecule has 1 fully saturated rings. The van der Waals surface area contributed by atoms with Crippen molar-refractivity contribution in [2.45, 2.75) is 6.92 Å². The van der Waals surface area contributed by atoms with E-state index >= 15 is 0 Å². The smallest absolute Gasteiger partial charge is 0.290 e. The Labute approximate surface area is 91.3 Å². The van der Waals surface area contributed by atoms with Crippen LogP contribution in [0.25, 0.3) is 6.08 Å². The number of imide groups is 1. The average molecular weight is 222 g/mol. The van der Waals surface area contributed by atoms with Gasteiger partial charge in [-0.15, -0.1) is 0 Å². The minimum absolute atomic E-state index is 0.308. The molecule has 2 rings (SSSR count). The summed E-state index contributed by atoms with van der Waals surface area (Å²) in [7, 11) is 1.92. The minimum Gasteiger partial charge on any atom is -0.348 e. The SMILES string of the molecule is Cc1ccc(/C=C2/SC(=O)NC2=O)n1C. The molecule has 5 heteroatoms. The van der Waals surface area contributed by atoms with Crippen LogP contribution in [0.4, 0.5) is 4.79 Å². The van der Waals surface area contributed by atoms with Crippen LogP contribution in [-0.4, -0.2) is 15.7 Å². The molecule has 1 aromatic heterocycles. The van der Waals surface area contributed by atoms with Crippen molar-refractivity contribution in [3.05, 3.63) is 28.4 Å². The highest BCUT2D eigenvalue weighted by atomic mass is 32.2. The fourth-order valence-corrected chi connectivity index (χ4v) is 2.00. The molecule has 4 nitrogen and oxygen atoms in total. The summed E-state index contributed by atoms with van der Waals surface area (Å²) in [6.07, 6.45) is 1.72. The lowest BCUT2D eigenvalue weighted by Crippen LogP contribution is -2.17. The Bertz CT molecular complexity index is 474. The van der Waals surface area contributed by atoms with Gasteiger partial charge >= 0.3 is 0 Å². The van der Waals surface area contributed by atoms with Crippen LogP contribution >= 0.6 is 11.8 Å². The van der Waals surface area contributed by atoms with E-state index in [1.54, 1.807) is 6.08 Å². The first kappa shape index (κ1) is 10.0. The zero-order valence-electron chi connectivity index (χ0n) is 8.40. The number of nitrogens with zero attached hydrogens (tertiary/aromatic N) is 1. The minimum atomic E-state index is -0.316. The molecule has 0 radical (unpaired) electrons. The van der Waals surface area contributed by atoms with E-state index in [1.165, 1.54) is 0 Å². The predicted molar refractivity (Wildman–Crippen MR) is 59.3 cm³/mol. The van der Waals surface area contributed by atoms with Crippen LogP contribution < -0.4 is 5.32 Å². The molecule has 2 amide bonds. The lowest BCUT2D eigenvalue weighted by molar-refractivity contribution is -0.115. The summed E-state index contributed by atoms with van der Waals surface area (Å²) in [5.41, 5.74) is 2.02. The summed E-state index contributed by atoms with van der Waals surface area (Å²) in [5, 5.41) is 1.91. The van der Waals surface area contributed by atoms with Crippen molar-refractivity contribution >= 4 is 29.0 Å². The summed E-state index contributed by atoms with van der Waals surface area (Å²) in [5.74, 6) is -0.316. The number of amides is 2. The van der Waals surface area contributed by atoms with Crippen molar-refractivity contribution in [3.63, 3.8) is 0 Å². The number of hydrogen-bond acceptors (Lipinski definition) is 3. The van der Waals surface area contributed by atoms with E-state index in [0.29, 0.717) is 4.91 Å². The number of nitrogens with one attached hydrogen (secondary N) is 1. The first-order chi connectivity index (χ1) is 7.08. The molecule has 78 valence electrons. The van der Waals surface area contributed by atoms with Crippen molar-refractivity contribution in [2.24, 2.45) is 7.05 Å². The molecular formula is C10H10N2O2S. The third-order valence-corrected chi connectivity index (χ3v) is 3.14. The van der Waals surface area contributed by atoms with Crippen LogP contribution in [0, 0.1) is 6.92 Å². The quantitative estimate of drug-likeness (QED) is 0.735. The molecule has 1 aliphatic rings. The molecule has 1 N–H and O–H groups in total. The summed E-state index contributed by atoms with van der Waals surface area (Å²) in [4.78, 5) is 22.7. The zero-order chi connectivity index (χ0) is 11.0. The van der Waals surface area contributed by atoms with Gasteiger partial charge in [0, 0.05) is 18.4 Å². The Kier molecular flexibility index (Phi) is 2.40. The van der Waals surface area contributed by atoms with Gasteiger partial charge < -0.3 is 4.57 Å². The highest BCUT2D eigenvalue weighted by Crippen LogP contribution is 2.25. The normalized spacial score (nSPS) is 18.7. The molecule has 1 saturated heterocycles. The van der Waals surface area contributed by atoms with Gasteiger partial charge in [0.25, 0.3) is 11.1 Å². The molecule has 1 aliphatic heterocycles. The van der Waals surface area contributed by atoms with Crippen LogP contribution in [0.15, 0.2) is 17.0 Å². The summed E-state index contributed by atoms with van der Waals surface area (Å²) in [6.45, 7) is 1.98. The molecule has 0 spiro atoms. The molecule has 0 aromatic carbocycles. The van der Waals surface area contributed by atoms with E-state index in [9.17, 15) is 9.59 Å².